The van der Waals surface area contributed by atoms with E-state index in [1.54, 1.807) is 6.42 Å². The molecular formula is C37H66. The van der Waals surface area contributed by atoms with Crippen LogP contribution < -0.4 is 0 Å². The molecule has 0 nitrogen and oxygen atoms in total. The second-order valence-electron chi connectivity index (χ2n) is 15.5. The van der Waals surface area contributed by atoms with Gasteiger partial charge in [0, 0.05) is 0 Å². The largest absolute Gasteiger partial charge is 0.0845 e. The Balaban J connectivity index is 1.22. The molecule has 0 heteroatoms. The maximum Gasteiger partial charge on any atom is -0.00851 e. The number of fused-ring (bicyclic) bond motifs is 5. The summed E-state index contributed by atoms with van der Waals surface area (Å²) in [5.41, 5.74) is 3.06. The van der Waals surface area contributed by atoms with E-state index in [0.29, 0.717) is 10.8 Å². The van der Waals surface area contributed by atoms with Crippen molar-refractivity contribution in [3.63, 3.8) is 0 Å². The molecule has 0 heterocycles. The van der Waals surface area contributed by atoms with E-state index in [1.165, 1.54) is 122 Å². The van der Waals surface area contributed by atoms with Crippen molar-refractivity contribution in [1.29, 1.82) is 0 Å². The molecule has 0 aliphatic heterocycles. The van der Waals surface area contributed by atoms with Gasteiger partial charge in [-0.25, -0.2) is 0 Å². The number of unbranched alkanes of at least 4 members (excludes halogenated alkanes) is 10. The minimum Gasteiger partial charge on any atom is -0.0845 e. The van der Waals surface area contributed by atoms with Gasteiger partial charge in [0.2, 0.25) is 0 Å². The molecule has 0 N–H and O–H groups in total. The van der Waals surface area contributed by atoms with E-state index in [2.05, 4.69) is 47.6 Å². The molecule has 4 aliphatic carbocycles. The van der Waals surface area contributed by atoms with Gasteiger partial charge in [-0.3, -0.25) is 0 Å². The Kier molecular flexibility index (Phi) is 10.8. The van der Waals surface area contributed by atoms with Gasteiger partial charge < -0.3 is 0 Å². The van der Waals surface area contributed by atoms with Crippen LogP contribution in [0.4, 0.5) is 0 Å². The lowest BCUT2D eigenvalue weighted by atomic mass is 9.46. The summed E-state index contributed by atoms with van der Waals surface area (Å²) < 4.78 is 0. The highest BCUT2D eigenvalue weighted by Crippen LogP contribution is 2.67. The van der Waals surface area contributed by atoms with Gasteiger partial charge in [-0.1, -0.05) is 130 Å². The predicted molar refractivity (Wildman–Crippen MR) is 164 cm³/mol. The first-order valence-corrected chi connectivity index (χ1v) is 17.5. The van der Waals surface area contributed by atoms with Crippen molar-refractivity contribution in [3.8, 4) is 0 Å². The highest BCUT2D eigenvalue weighted by molar-refractivity contribution is 5.25. The highest BCUT2D eigenvalue weighted by atomic mass is 14.6. The van der Waals surface area contributed by atoms with E-state index in [4.69, 9.17) is 0 Å². The average molecular weight is 511 g/mol. The zero-order valence-electron chi connectivity index (χ0n) is 26.3. The molecule has 3 saturated carbocycles. The second kappa shape index (κ2) is 13.4. The Morgan fingerprint density at radius 1 is 0.757 bits per heavy atom. The van der Waals surface area contributed by atoms with Crippen molar-refractivity contribution in [3.05, 3.63) is 11.6 Å². The van der Waals surface area contributed by atoms with Crippen molar-refractivity contribution in [2.45, 2.75) is 170 Å². The Labute approximate surface area is 233 Å². The summed E-state index contributed by atoms with van der Waals surface area (Å²) in [6.07, 6.45) is 32.4. The minimum absolute atomic E-state index is 0.537. The zero-order valence-corrected chi connectivity index (χ0v) is 26.3. The Morgan fingerprint density at radius 2 is 1.41 bits per heavy atom. The summed E-state index contributed by atoms with van der Waals surface area (Å²) in [4.78, 5) is 0. The molecule has 1 unspecified atom stereocenters. The fourth-order valence-corrected chi connectivity index (χ4v) is 10.6. The summed E-state index contributed by atoms with van der Waals surface area (Å²) in [7, 11) is 0. The molecule has 4 rings (SSSR count). The Bertz CT molecular complexity index is 716. The first-order valence-electron chi connectivity index (χ1n) is 17.5. The maximum atomic E-state index is 2.80. The molecule has 0 aromatic rings. The topological polar surface area (TPSA) is 0 Å². The summed E-state index contributed by atoms with van der Waals surface area (Å²) >= 11 is 0. The highest BCUT2D eigenvalue weighted by Gasteiger charge is 2.59. The van der Waals surface area contributed by atoms with Gasteiger partial charge in [0.15, 0.2) is 0 Å². The molecule has 0 amide bonds. The molecule has 0 spiro atoms. The van der Waals surface area contributed by atoms with Gasteiger partial charge in [0.05, 0.1) is 0 Å². The third kappa shape index (κ3) is 6.56. The molecule has 4 aliphatic rings. The van der Waals surface area contributed by atoms with E-state index in [9.17, 15) is 0 Å². The van der Waals surface area contributed by atoms with Crippen LogP contribution in [-0.2, 0) is 0 Å². The third-order valence-electron chi connectivity index (χ3n) is 13.1. The molecule has 0 bridgehead atoms. The summed E-state index contributed by atoms with van der Waals surface area (Å²) in [6.45, 7) is 15.4. The van der Waals surface area contributed by atoms with Gasteiger partial charge in [0.25, 0.3) is 0 Å². The maximum absolute atomic E-state index is 2.80. The predicted octanol–water partition coefficient (Wildman–Crippen LogP) is 12.2. The summed E-state index contributed by atoms with van der Waals surface area (Å²) in [5.74, 6) is 6.72. The monoisotopic (exact) mass is 511 g/mol. The van der Waals surface area contributed by atoms with Crippen molar-refractivity contribution in [2.24, 2.45) is 52.3 Å². The van der Waals surface area contributed by atoms with Crippen LogP contribution in [0.1, 0.15) is 170 Å². The zero-order chi connectivity index (χ0) is 26.5. The fraction of sp³-hybridized carbons (Fsp3) is 0.946. The minimum atomic E-state index is 0.537. The molecule has 0 saturated heterocycles. The van der Waals surface area contributed by atoms with Crippen LogP contribution in [0.5, 0.6) is 0 Å². The van der Waals surface area contributed by atoms with Crippen LogP contribution in [0.15, 0.2) is 11.6 Å². The van der Waals surface area contributed by atoms with Crippen LogP contribution in [0.3, 0.4) is 0 Å². The van der Waals surface area contributed by atoms with E-state index >= 15 is 0 Å². The van der Waals surface area contributed by atoms with E-state index < -0.39 is 0 Å². The number of hydrogen-bond donors (Lipinski definition) is 0. The van der Waals surface area contributed by atoms with Crippen molar-refractivity contribution in [2.75, 3.05) is 0 Å². The van der Waals surface area contributed by atoms with E-state index in [1.807, 2.05) is 5.57 Å². The van der Waals surface area contributed by atoms with Crippen LogP contribution in [0.2, 0.25) is 0 Å². The van der Waals surface area contributed by atoms with Crippen molar-refractivity contribution < 1.29 is 0 Å². The molecular weight excluding hydrogens is 444 g/mol. The van der Waals surface area contributed by atoms with Crippen LogP contribution in [-0.4, -0.2) is 0 Å². The van der Waals surface area contributed by atoms with Gasteiger partial charge in [-0.05, 0) is 104 Å². The third-order valence-corrected chi connectivity index (χ3v) is 13.1. The summed E-state index contributed by atoms with van der Waals surface area (Å²) in [5, 5.41) is 0. The number of hydrogen-bond acceptors (Lipinski definition) is 0. The number of rotatable bonds is 14. The van der Waals surface area contributed by atoms with Crippen LogP contribution in [0.25, 0.3) is 0 Å². The standard InChI is InChI=1S/C37H66/c1-7-8-9-10-11-12-13-14-15-16-17-18-29(4)33-21-22-34-32-20-19-31-27-30(28(2)3)23-25-36(31,5)35(32)24-26-37(33,34)6/h19,28-30,32-35H,7-18,20-27H2,1-6H3/t29-,30+,32?,33-,34+,35+,36+,37-/m1/s1. The lowest BCUT2D eigenvalue weighted by molar-refractivity contribution is -0.0538. The molecule has 3 fully saturated rings. The molecule has 214 valence electrons. The second-order valence-corrected chi connectivity index (χ2v) is 15.5. The molecule has 0 aromatic carbocycles. The Morgan fingerprint density at radius 3 is 2.05 bits per heavy atom. The fourth-order valence-electron chi connectivity index (χ4n) is 10.6. The van der Waals surface area contributed by atoms with Gasteiger partial charge in [0.1, 0.15) is 0 Å². The van der Waals surface area contributed by atoms with Crippen LogP contribution >= 0.6 is 0 Å². The van der Waals surface area contributed by atoms with Gasteiger partial charge in [-0.15, -0.1) is 0 Å². The van der Waals surface area contributed by atoms with Gasteiger partial charge >= 0.3 is 0 Å². The summed E-state index contributed by atoms with van der Waals surface area (Å²) in [6, 6.07) is 0. The lowest BCUT2D eigenvalue weighted by Crippen LogP contribution is -2.50. The lowest BCUT2D eigenvalue weighted by Gasteiger charge is -2.59. The molecule has 8 atom stereocenters. The van der Waals surface area contributed by atoms with E-state index in [0.717, 1.165) is 41.4 Å². The smallest absolute Gasteiger partial charge is 0.00851 e. The van der Waals surface area contributed by atoms with E-state index in [-0.39, 0.29) is 0 Å². The first-order chi connectivity index (χ1) is 17.8. The normalized spacial score (nSPS) is 38.1. The average Bonchev–Trinajstić information content (AvgIpc) is 3.24. The number of allylic oxidation sites excluding steroid dienone is 2. The molecule has 0 radical (unpaired) electrons. The first kappa shape index (κ1) is 29.7. The SMILES string of the molecule is CCCCCCCCCCCCC[C@@H](C)[C@H]1CC[C@H]2C3CC=C4C[C@@H](C(C)C)CC[C@]4(C)[C@H]3CC[C@]12C. The van der Waals surface area contributed by atoms with Crippen molar-refractivity contribution in [1.82, 2.24) is 0 Å². The Hall–Kier alpha value is -0.260. The van der Waals surface area contributed by atoms with Crippen LogP contribution in [0, 0.1) is 52.3 Å². The quantitative estimate of drug-likeness (QED) is 0.161. The molecule has 0 aromatic heterocycles. The van der Waals surface area contributed by atoms with Crippen molar-refractivity contribution >= 4 is 0 Å². The van der Waals surface area contributed by atoms with Gasteiger partial charge in [-0.2, -0.15) is 0 Å². The molecule has 37 heavy (non-hydrogen) atoms.